The second-order valence-corrected chi connectivity index (χ2v) is 5.17. The molecule has 0 unspecified atom stereocenters. The number of benzene rings is 1. The normalized spacial score (nSPS) is 16.9. The molecule has 0 saturated carbocycles. The van der Waals surface area contributed by atoms with E-state index >= 15 is 0 Å². The summed E-state index contributed by atoms with van der Waals surface area (Å²) in [6.45, 7) is 5.52. The van der Waals surface area contributed by atoms with Crippen molar-refractivity contribution in [1.82, 2.24) is 0 Å². The summed E-state index contributed by atoms with van der Waals surface area (Å²) < 4.78 is 0. The van der Waals surface area contributed by atoms with Crippen LogP contribution in [-0.2, 0) is 9.59 Å². The smallest absolute Gasteiger partial charge is 0.256 e. The first kappa shape index (κ1) is 11.6. The van der Waals surface area contributed by atoms with Gasteiger partial charge < -0.3 is 5.32 Å². The molecule has 0 spiro atoms. The third kappa shape index (κ3) is 2.13. The molecular formula is C14H15NO2. The summed E-state index contributed by atoms with van der Waals surface area (Å²) in [5, 5.41) is 2.74. The van der Waals surface area contributed by atoms with Gasteiger partial charge in [-0.3, -0.25) is 9.59 Å². The van der Waals surface area contributed by atoms with Crippen LogP contribution in [0.5, 0.6) is 0 Å². The Balaban J connectivity index is 2.44. The molecule has 0 fully saturated rings. The second-order valence-electron chi connectivity index (χ2n) is 5.17. The summed E-state index contributed by atoms with van der Waals surface area (Å²) in [7, 11) is 0. The Labute approximate surface area is 101 Å². The molecule has 1 amide bonds. The Bertz CT molecular complexity index is 521. The van der Waals surface area contributed by atoms with Crippen LogP contribution in [0, 0.1) is 5.41 Å². The molecule has 1 aliphatic heterocycles. The molecule has 3 nitrogen and oxygen atoms in total. The predicted molar refractivity (Wildman–Crippen MR) is 67.5 cm³/mol. The monoisotopic (exact) mass is 229 g/mol. The fourth-order valence-electron chi connectivity index (χ4n) is 1.63. The van der Waals surface area contributed by atoms with Crippen molar-refractivity contribution in [1.29, 1.82) is 0 Å². The Hall–Kier alpha value is -1.90. The Morgan fingerprint density at radius 1 is 1.24 bits per heavy atom. The minimum atomic E-state index is -0.467. The number of carbonyl (C=O) groups is 2. The minimum absolute atomic E-state index is 0.0423. The Kier molecular flexibility index (Phi) is 2.62. The highest BCUT2D eigenvalue weighted by atomic mass is 16.2. The molecule has 2 rings (SSSR count). The van der Waals surface area contributed by atoms with E-state index in [1.807, 2.05) is 45.0 Å². The van der Waals surface area contributed by atoms with E-state index in [1.54, 1.807) is 0 Å². The van der Waals surface area contributed by atoms with Crippen LogP contribution in [0.2, 0.25) is 0 Å². The average molecular weight is 229 g/mol. The summed E-state index contributed by atoms with van der Waals surface area (Å²) in [4.78, 5) is 23.7. The highest BCUT2D eigenvalue weighted by Gasteiger charge is 2.27. The number of hydrogen-bond donors (Lipinski definition) is 1. The quantitative estimate of drug-likeness (QED) is 0.752. The molecular weight excluding hydrogens is 214 g/mol. The highest BCUT2D eigenvalue weighted by molar-refractivity contribution is 6.34. The predicted octanol–water partition coefficient (Wildman–Crippen LogP) is 2.64. The van der Waals surface area contributed by atoms with Crippen molar-refractivity contribution in [3.8, 4) is 0 Å². The highest BCUT2D eigenvalue weighted by Crippen LogP contribution is 2.32. The summed E-state index contributed by atoms with van der Waals surface area (Å²) in [6.07, 6.45) is 1.45. The molecule has 0 atom stereocenters. The van der Waals surface area contributed by atoms with Crippen LogP contribution in [0.4, 0.5) is 5.69 Å². The largest absolute Gasteiger partial charge is 0.321 e. The van der Waals surface area contributed by atoms with Crippen molar-refractivity contribution in [2.24, 2.45) is 5.41 Å². The summed E-state index contributed by atoms with van der Waals surface area (Å²) >= 11 is 0. The minimum Gasteiger partial charge on any atom is -0.321 e. The third-order valence-corrected chi connectivity index (χ3v) is 2.72. The van der Waals surface area contributed by atoms with Crippen molar-refractivity contribution >= 4 is 23.0 Å². The van der Waals surface area contributed by atoms with Crippen LogP contribution in [0.1, 0.15) is 26.3 Å². The number of rotatable bonds is 1. The number of ketones is 1. The first-order valence-electron chi connectivity index (χ1n) is 5.56. The number of hydrogen-bond acceptors (Lipinski definition) is 2. The van der Waals surface area contributed by atoms with Crippen LogP contribution >= 0.6 is 0 Å². The van der Waals surface area contributed by atoms with Crippen LogP contribution in [0.3, 0.4) is 0 Å². The van der Waals surface area contributed by atoms with Gasteiger partial charge in [-0.1, -0.05) is 39.0 Å². The maximum atomic E-state index is 11.9. The van der Waals surface area contributed by atoms with Gasteiger partial charge >= 0.3 is 0 Å². The lowest BCUT2D eigenvalue weighted by atomic mass is 9.89. The molecule has 1 aliphatic rings. The molecule has 0 aromatic heterocycles. The van der Waals surface area contributed by atoms with Crippen LogP contribution in [0.25, 0.3) is 5.57 Å². The molecule has 0 bridgehead atoms. The fourth-order valence-corrected chi connectivity index (χ4v) is 1.63. The van der Waals surface area contributed by atoms with E-state index < -0.39 is 5.41 Å². The van der Waals surface area contributed by atoms with Crippen LogP contribution in [0.15, 0.2) is 30.3 Å². The van der Waals surface area contributed by atoms with E-state index in [0.717, 1.165) is 11.3 Å². The number of anilines is 1. The van der Waals surface area contributed by atoms with E-state index in [9.17, 15) is 9.59 Å². The Morgan fingerprint density at radius 2 is 1.88 bits per heavy atom. The zero-order valence-corrected chi connectivity index (χ0v) is 10.2. The van der Waals surface area contributed by atoms with Crippen LogP contribution in [-0.4, -0.2) is 11.7 Å². The van der Waals surface area contributed by atoms with Gasteiger partial charge in [0.05, 0.1) is 5.57 Å². The number of nitrogens with one attached hydrogen (secondary N) is 1. The van der Waals surface area contributed by atoms with Crippen molar-refractivity contribution in [3.63, 3.8) is 0 Å². The maximum absolute atomic E-state index is 11.9. The van der Waals surface area contributed by atoms with E-state index in [0.29, 0.717) is 5.57 Å². The molecule has 17 heavy (non-hydrogen) atoms. The second kappa shape index (κ2) is 3.84. The molecule has 1 heterocycles. The fraction of sp³-hybridized carbons (Fsp3) is 0.286. The van der Waals surface area contributed by atoms with Crippen molar-refractivity contribution in [3.05, 3.63) is 35.9 Å². The van der Waals surface area contributed by atoms with Gasteiger partial charge in [0.15, 0.2) is 5.78 Å². The standard InChI is InChI=1S/C14H15NO2/c1-14(2,3)12(16)8-10-9-6-4-5-7-11(9)15-13(10)17/h4-8H,1-3H3,(H,15,17)/b10-8+. The number of allylic oxidation sites excluding steroid dienone is 1. The lowest BCUT2D eigenvalue weighted by molar-refractivity contribution is -0.121. The van der Waals surface area contributed by atoms with Gasteiger partial charge in [0, 0.05) is 16.7 Å². The van der Waals surface area contributed by atoms with E-state index in [1.165, 1.54) is 6.08 Å². The topological polar surface area (TPSA) is 46.2 Å². The molecule has 1 aromatic rings. The van der Waals surface area contributed by atoms with E-state index in [-0.39, 0.29) is 11.7 Å². The summed E-state index contributed by atoms with van der Waals surface area (Å²) in [5.41, 5.74) is 1.56. The van der Waals surface area contributed by atoms with Crippen molar-refractivity contribution < 1.29 is 9.59 Å². The molecule has 88 valence electrons. The maximum Gasteiger partial charge on any atom is 0.256 e. The molecule has 0 aliphatic carbocycles. The van der Waals surface area contributed by atoms with Gasteiger partial charge in [-0.2, -0.15) is 0 Å². The van der Waals surface area contributed by atoms with Gasteiger partial charge in [0.25, 0.3) is 5.91 Å². The van der Waals surface area contributed by atoms with E-state index in [2.05, 4.69) is 5.32 Å². The van der Waals surface area contributed by atoms with E-state index in [4.69, 9.17) is 0 Å². The Morgan fingerprint density at radius 3 is 2.53 bits per heavy atom. The lowest BCUT2D eigenvalue weighted by Crippen LogP contribution is -2.18. The summed E-state index contributed by atoms with van der Waals surface area (Å²) in [6, 6.07) is 7.38. The first-order valence-corrected chi connectivity index (χ1v) is 5.56. The van der Waals surface area contributed by atoms with Crippen molar-refractivity contribution in [2.75, 3.05) is 5.32 Å². The molecule has 3 heteroatoms. The number of carbonyl (C=O) groups excluding carboxylic acids is 2. The average Bonchev–Trinajstić information content (AvgIpc) is 2.54. The molecule has 1 N–H and O–H groups in total. The zero-order chi connectivity index (χ0) is 12.6. The zero-order valence-electron chi connectivity index (χ0n) is 10.2. The number of para-hydroxylation sites is 1. The lowest BCUT2D eigenvalue weighted by Gasteiger charge is -2.13. The van der Waals surface area contributed by atoms with Gasteiger partial charge in [0.2, 0.25) is 0 Å². The number of amides is 1. The first-order chi connectivity index (χ1) is 7.89. The van der Waals surface area contributed by atoms with Gasteiger partial charge in [-0.25, -0.2) is 0 Å². The van der Waals surface area contributed by atoms with Gasteiger partial charge in [-0.15, -0.1) is 0 Å². The third-order valence-electron chi connectivity index (χ3n) is 2.72. The molecule has 1 aromatic carbocycles. The molecule has 0 saturated heterocycles. The summed E-state index contributed by atoms with van der Waals surface area (Å²) in [5.74, 6) is -0.247. The van der Waals surface area contributed by atoms with Gasteiger partial charge in [-0.05, 0) is 12.1 Å². The number of fused-ring (bicyclic) bond motifs is 1. The van der Waals surface area contributed by atoms with Crippen LogP contribution < -0.4 is 5.32 Å². The van der Waals surface area contributed by atoms with Crippen molar-refractivity contribution in [2.45, 2.75) is 20.8 Å². The van der Waals surface area contributed by atoms with Gasteiger partial charge in [0.1, 0.15) is 0 Å². The molecule has 0 radical (unpaired) electrons. The SMILES string of the molecule is CC(C)(C)C(=O)/C=C1/C(=O)Nc2ccccc21.